The molecule has 0 radical (unpaired) electrons. The van der Waals surface area contributed by atoms with Crippen LogP contribution in [0.25, 0.3) is 10.9 Å². The lowest BCUT2D eigenvalue weighted by Crippen LogP contribution is -2.44. The molecular weight excluding hydrogens is 424 g/mol. The Balaban J connectivity index is 1.33. The molecule has 3 atom stereocenters. The molecule has 1 aliphatic carbocycles. The molecule has 1 saturated heterocycles. The number of hydrogen-bond acceptors (Lipinski definition) is 6. The Labute approximate surface area is 194 Å². The quantitative estimate of drug-likeness (QED) is 0.484. The first-order valence-electron chi connectivity index (χ1n) is 11.7. The minimum atomic E-state index is -0.708. The van der Waals surface area contributed by atoms with Gasteiger partial charge in [-0.1, -0.05) is 0 Å². The SMILES string of the molecule is COc1ccc2nccc([C@H](O)CC[C@@H]3CCN(CCCSC4CC4)C[C@@H]3C(=O)O)c2c1. The molecule has 6 nitrogen and oxygen atoms in total. The number of ether oxygens (including phenoxy) is 1. The highest BCUT2D eigenvalue weighted by Crippen LogP contribution is 2.35. The van der Waals surface area contributed by atoms with Crippen LogP contribution in [0.2, 0.25) is 0 Å². The topological polar surface area (TPSA) is 82.9 Å². The molecule has 2 aliphatic rings. The average molecular weight is 459 g/mol. The van der Waals surface area contributed by atoms with Crippen molar-refractivity contribution in [2.45, 2.75) is 49.9 Å². The van der Waals surface area contributed by atoms with Crippen molar-refractivity contribution in [3.05, 3.63) is 36.0 Å². The Bertz CT molecular complexity index is 920. The van der Waals surface area contributed by atoms with Gasteiger partial charge in [-0.05, 0) is 93.1 Å². The van der Waals surface area contributed by atoms with Crippen LogP contribution in [0, 0.1) is 11.8 Å². The number of fused-ring (bicyclic) bond motifs is 1. The highest BCUT2D eigenvalue weighted by atomic mass is 32.2. The van der Waals surface area contributed by atoms with Crippen LogP contribution in [0.5, 0.6) is 5.75 Å². The summed E-state index contributed by atoms with van der Waals surface area (Å²) < 4.78 is 5.33. The summed E-state index contributed by atoms with van der Waals surface area (Å²) in [4.78, 5) is 18.7. The van der Waals surface area contributed by atoms with Crippen molar-refractivity contribution in [2.75, 3.05) is 32.5 Å². The molecule has 0 amide bonds. The number of aliphatic carboxylic acids is 1. The van der Waals surface area contributed by atoms with Crippen LogP contribution in [-0.2, 0) is 4.79 Å². The second-order valence-corrected chi connectivity index (χ2v) is 10.5. The predicted octanol–water partition coefficient (Wildman–Crippen LogP) is 4.37. The van der Waals surface area contributed by atoms with Crippen LogP contribution in [-0.4, -0.2) is 63.8 Å². The summed E-state index contributed by atoms with van der Waals surface area (Å²) in [5.74, 6) is 0.941. The molecule has 1 aliphatic heterocycles. The molecule has 0 unspecified atom stereocenters. The fourth-order valence-corrected chi connectivity index (χ4v) is 5.86. The van der Waals surface area contributed by atoms with Gasteiger partial charge in [0.1, 0.15) is 5.75 Å². The van der Waals surface area contributed by atoms with E-state index in [9.17, 15) is 15.0 Å². The molecule has 1 aromatic carbocycles. The van der Waals surface area contributed by atoms with Crippen LogP contribution in [0.1, 0.15) is 50.2 Å². The van der Waals surface area contributed by atoms with Crippen molar-refractivity contribution in [2.24, 2.45) is 11.8 Å². The molecule has 2 heterocycles. The fraction of sp³-hybridized carbons (Fsp3) is 0.600. The molecule has 1 aromatic heterocycles. The fourth-order valence-electron chi connectivity index (χ4n) is 4.76. The number of aromatic nitrogens is 1. The maximum absolute atomic E-state index is 12.0. The van der Waals surface area contributed by atoms with Gasteiger partial charge in [-0.25, -0.2) is 0 Å². The second-order valence-electron chi connectivity index (χ2n) is 9.09. The number of pyridine rings is 1. The summed E-state index contributed by atoms with van der Waals surface area (Å²) in [5, 5.41) is 22.6. The van der Waals surface area contributed by atoms with E-state index in [1.165, 1.54) is 18.6 Å². The van der Waals surface area contributed by atoms with Gasteiger partial charge in [0.05, 0.1) is 24.6 Å². The van der Waals surface area contributed by atoms with E-state index in [4.69, 9.17) is 4.74 Å². The van der Waals surface area contributed by atoms with Gasteiger partial charge in [-0.3, -0.25) is 9.78 Å². The first kappa shape index (κ1) is 23.3. The normalized spacial score (nSPS) is 22.7. The number of aliphatic hydroxyl groups excluding tert-OH is 1. The smallest absolute Gasteiger partial charge is 0.308 e. The van der Waals surface area contributed by atoms with Crippen molar-refractivity contribution in [3.8, 4) is 5.75 Å². The molecule has 0 bridgehead atoms. The zero-order valence-corrected chi connectivity index (χ0v) is 19.6. The summed E-state index contributed by atoms with van der Waals surface area (Å²) in [6.45, 7) is 2.57. The number of carboxylic acids is 1. The third-order valence-corrected chi connectivity index (χ3v) is 8.27. The summed E-state index contributed by atoms with van der Waals surface area (Å²) in [7, 11) is 1.62. The lowest BCUT2D eigenvalue weighted by molar-refractivity contribution is -0.146. The number of carbonyl (C=O) groups is 1. The monoisotopic (exact) mass is 458 g/mol. The van der Waals surface area contributed by atoms with Gasteiger partial charge in [0, 0.05) is 23.4 Å². The average Bonchev–Trinajstić information content (AvgIpc) is 3.64. The highest BCUT2D eigenvalue weighted by molar-refractivity contribution is 8.00. The molecular formula is C25H34N2O4S. The van der Waals surface area contributed by atoms with E-state index < -0.39 is 12.1 Å². The lowest BCUT2D eigenvalue weighted by atomic mass is 9.81. The first-order chi connectivity index (χ1) is 15.5. The van der Waals surface area contributed by atoms with Gasteiger partial charge >= 0.3 is 5.97 Å². The van der Waals surface area contributed by atoms with Crippen molar-refractivity contribution in [1.82, 2.24) is 9.88 Å². The zero-order valence-electron chi connectivity index (χ0n) is 18.8. The van der Waals surface area contributed by atoms with Crippen molar-refractivity contribution in [1.29, 1.82) is 0 Å². The van der Waals surface area contributed by atoms with Crippen molar-refractivity contribution in [3.63, 3.8) is 0 Å². The third-order valence-electron chi connectivity index (χ3n) is 6.81. The number of carboxylic acid groups (broad SMARTS) is 1. The maximum Gasteiger partial charge on any atom is 0.308 e. The highest BCUT2D eigenvalue weighted by Gasteiger charge is 2.34. The van der Waals surface area contributed by atoms with E-state index in [1.807, 2.05) is 24.3 Å². The molecule has 1 saturated carbocycles. The van der Waals surface area contributed by atoms with Gasteiger partial charge in [0.25, 0.3) is 0 Å². The van der Waals surface area contributed by atoms with Gasteiger partial charge in [-0.15, -0.1) is 0 Å². The molecule has 7 heteroatoms. The number of likely N-dealkylation sites (tertiary alicyclic amines) is 1. The third kappa shape index (κ3) is 5.94. The van der Waals surface area contributed by atoms with Crippen LogP contribution in [0.15, 0.2) is 30.5 Å². The van der Waals surface area contributed by atoms with E-state index in [0.717, 1.165) is 53.4 Å². The Morgan fingerprint density at radius 3 is 2.91 bits per heavy atom. The van der Waals surface area contributed by atoms with Crippen molar-refractivity contribution < 1.29 is 19.7 Å². The van der Waals surface area contributed by atoms with Crippen molar-refractivity contribution >= 4 is 28.6 Å². The van der Waals surface area contributed by atoms with E-state index in [0.29, 0.717) is 19.4 Å². The Kier molecular flexibility index (Phi) is 7.92. The minimum absolute atomic E-state index is 0.0990. The molecule has 2 fully saturated rings. The molecule has 2 N–H and O–H groups in total. The number of piperidine rings is 1. The van der Waals surface area contributed by atoms with E-state index >= 15 is 0 Å². The van der Waals surface area contributed by atoms with E-state index in [2.05, 4.69) is 21.6 Å². The number of rotatable bonds is 11. The number of hydrogen-bond donors (Lipinski definition) is 2. The number of thioether (sulfide) groups is 1. The molecule has 4 rings (SSSR count). The summed E-state index contributed by atoms with van der Waals surface area (Å²) in [5.41, 5.74) is 1.64. The largest absolute Gasteiger partial charge is 0.497 e. The summed E-state index contributed by atoms with van der Waals surface area (Å²) >= 11 is 2.07. The molecule has 174 valence electrons. The van der Waals surface area contributed by atoms with Crippen LogP contribution >= 0.6 is 11.8 Å². The Morgan fingerprint density at radius 2 is 2.16 bits per heavy atom. The standard InChI is InChI=1S/C25H34N2O4S/c1-31-18-4-7-23-21(15-18)20(9-11-26-23)24(28)8-3-17-10-13-27(16-22(17)25(29)30)12-2-14-32-19-5-6-19/h4,7,9,11,15,17,19,22,24,28H,2-3,5-6,8,10,12-14,16H2,1H3,(H,29,30)/t17-,22+,24-/m1/s1. The summed E-state index contributed by atoms with van der Waals surface area (Å²) in [6, 6.07) is 7.51. The van der Waals surface area contributed by atoms with Gasteiger partial charge < -0.3 is 19.8 Å². The Morgan fingerprint density at radius 1 is 1.31 bits per heavy atom. The molecule has 2 aromatic rings. The summed E-state index contributed by atoms with van der Waals surface area (Å²) in [6.07, 6.45) is 7.06. The lowest BCUT2D eigenvalue weighted by Gasteiger charge is -2.37. The van der Waals surface area contributed by atoms with Crippen LogP contribution in [0.3, 0.4) is 0 Å². The van der Waals surface area contributed by atoms with Crippen LogP contribution in [0.4, 0.5) is 0 Å². The van der Waals surface area contributed by atoms with E-state index in [-0.39, 0.29) is 11.8 Å². The van der Waals surface area contributed by atoms with Gasteiger partial charge in [0.2, 0.25) is 0 Å². The number of aliphatic hydroxyl groups is 1. The first-order valence-corrected chi connectivity index (χ1v) is 12.8. The zero-order chi connectivity index (χ0) is 22.5. The number of methoxy groups -OCH3 is 1. The van der Waals surface area contributed by atoms with Crippen LogP contribution < -0.4 is 4.74 Å². The molecule has 0 spiro atoms. The minimum Gasteiger partial charge on any atom is -0.497 e. The van der Waals surface area contributed by atoms with Gasteiger partial charge in [-0.2, -0.15) is 11.8 Å². The van der Waals surface area contributed by atoms with E-state index in [1.54, 1.807) is 13.3 Å². The maximum atomic E-state index is 12.0. The second kappa shape index (κ2) is 10.9. The predicted molar refractivity (Wildman–Crippen MR) is 128 cm³/mol. The Hall–Kier alpha value is -1.83. The van der Waals surface area contributed by atoms with Gasteiger partial charge in [0.15, 0.2) is 0 Å². The molecule has 32 heavy (non-hydrogen) atoms. The number of nitrogens with zero attached hydrogens (tertiary/aromatic N) is 2. The number of benzene rings is 1.